The lowest BCUT2D eigenvalue weighted by Crippen LogP contribution is -2.62. The fraction of sp³-hybridized carbons (Fsp3) is 1.00. The van der Waals surface area contributed by atoms with E-state index in [9.17, 15) is 0 Å². The van der Waals surface area contributed by atoms with Crippen LogP contribution < -0.4 is 11.3 Å². The summed E-state index contributed by atoms with van der Waals surface area (Å²) in [6, 6.07) is 0.389. The maximum atomic E-state index is 5.64. The van der Waals surface area contributed by atoms with E-state index in [1.165, 1.54) is 38.5 Å². The van der Waals surface area contributed by atoms with Gasteiger partial charge in [0.1, 0.15) is 0 Å². The molecule has 3 N–H and O–H groups in total. The highest BCUT2D eigenvalue weighted by Gasteiger charge is 2.48. The third kappa shape index (κ3) is 1.39. The molecule has 0 radical (unpaired) electrons. The van der Waals surface area contributed by atoms with Crippen molar-refractivity contribution in [1.29, 1.82) is 0 Å². The van der Waals surface area contributed by atoms with Crippen LogP contribution in [0.15, 0.2) is 0 Å². The molecule has 13 heavy (non-hydrogen) atoms. The minimum atomic E-state index is 0.0693. The highest BCUT2D eigenvalue weighted by molar-refractivity contribution is 5.03. The minimum absolute atomic E-state index is 0.0693. The van der Waals surface area contributed by atoms with Crippen molar-refractivity contribution < 1.29 is 4.74 Å². The highest BCUT2D eigenvalue weighted by atomic mass is 16.5. The Bertz CT molecular complexity index is 170. The van der Waals surface area contributed by atoms with Gasteiger partial charge in [-0.1, -0.05) is 6.42 Å². The summed E-state index contributed by atoms with van der Waals surface area (Å²) in [5.74, 6) is 6.38. The summed E-state index contributed by atoms with van der Waals surface area (Å²) in [4.78, 5) is 0. The maximum absolute atomic E-state index is 5.64. The van der Waals surface area contributed by atoms with E-state index in [1.807, 2.05) is 7.11 Å². The van der Waals surface area contributed by atoms with Crippen molar-refractivity contribution >= 4 is 0 Å². The van der Waals surface area contributed by atoms with Gasteiger partial charge in [-0.3, -0.25) is 11.3 Å². The van der Waals surface area contributed by atoms with Crippen LogP contribution in [-0.2, 0) is 4.74 Å². The minimum Gasteiger partial charge on any atom is -0.377 e. The molecule has 0 saturated heterocycles. The van der Waals surface area contributed by atoms with Crippen molar-refractivity contribution in [2.75, 3.05) is 7.11 Å². The first kappa shape index (κ1) is 9.44. The lowest BCUT2D eigenvalue weighted by Gasteiger charge is -2.51. The van der Waals surface area contributed by atoms with Crippen LogP contribution in [0.2, 0.25) is 0 Å². The zero-order chi connectivity index (χ0) is 9.31. The Kier molecular flexibility index (Phi) is 2.58. The van der Waals surface area contributed by atoms with E-state index in [2.05, 4.69) is 5.43 Å². The molecule has 0 spiro atoms. The number of methoxy groups -OCH3 is 1. The normalized spacial score (nSPS) is 29.1. The average Bonchev–Trinajstić information content (AvgIpc) is 1.98. The smallest absolute Gasteiger partial charge is 0.0847 e. The zero-order valence-electron chi connectivity index (χ0n) is 8.38. The van der Waals surface area contributed by atoms with Gasteiger partial charge in [0.2, 0.25) is 0 Å². The van der Waals surface area contributed by atoms with E-state index in [-0.39, 0.29) is 5.60 Å². The maximum Gasteiger partial charge on any atom is 0.0847 e. The van der Waals surface area contributed by atoms with Gasteiger partial charge in [-0.05, 0) is 38.0 Å². The van der Waals surface area contributed by atoms with E-state index in [4.69, 9.17) is 10.6 Å². The van der Waals surface area contributed by atoms with Gasteiger partial charge in [0.05, 0.1) is 11.6 Å². The number of ether oxygens (including phenoxy) is 1. The molecule has 1 atom stereocenters. The third-order valence-electron chi connectivity index (χ3n) is 3.97. The van der Waals surface area contributed by atoms with Crippen molar-refractivity contribution in [1.82, 2.24) is 5.43 Å². The Labute approximate surface area is 80.0 Å². The number of rotatable bonds is 4. The summed E-state index contributed by atoms with van der Waals surface area (Å²) in [7, 11) is 1.82. The van der Waals surface area contributed by atoms with Crippen molar-refractivity contribution in [2.24, 2.45) is 11.8 Å². The number of nitrogens with one attached hydrogen (secondary N) is 1. The summed E-state index contributed by atoms with van der Waals surface area (Å²) in [6.07, 6.45) is 7.64. The summed E-state index contributed by atoms with van der Waals surface area (Å²) in [6.45, 7) is 0. The number of hydrogen-bond acceptors (Lipinski definition) is 3. The Morgan fingerprint density at radius 3 is 2.31 bits per heavy atom. The van der Waals surface area contributed by atoms with Gasteiger partial charge >= 0.3 is 0 Å². The van der Waals surface area contributed by atoms with E-state index < -0.39 is 0 Å². The predicted octanol–water partition coefficient (Wildman–Crippen LogP) is 1.19. The lowest BCUT2D eigenvalue weighted by molar-refractivity contribution is -0.119. The summed E-state index contributed by atoms with van der Waals surface area (Å²) >= 11 is 0. The number of hydrogen-bond donors (Lipinski definition) is 2. The lowest BCUT2D eigenvalue weighted by atomic mass is 9.65. The van der Waals surface area contributed by atoms with Crippen LogP contribution in [0.1, 0.15) is 38.5 Å². The molecule has 0 amide bonds. The van der Waals surface area contributed by atoms with Gasteiger partial charge in [-0.2, -0.15) is 0 Å². The highest BCUT2D eigenvalue weighted by Crippen LogP contribution is 2.44. The second kappa shape index (κ2) is 3.56. The second-order valence-corrected chi connectivity index (χ2v) is 4.46. The van der Waals surface area contributed by atoms with Gasteiger partial charge in [0.25, 0.3) is 0 Å². The van der Waals surface area contributed by atoms with Crippen LogP contribution in [0.4, 0.5) is 0 Å². The largest absolute Gasteiger partial charge is 0.377 e. The van der Waals surface area contributed by atoms with Crippen molar-refractivity contribution in [2.45, 2.75) is 50.2 Å². The van der Waals surface area contributed by atoms with Gasteiger partial charge in [0.15, 0.2) is 0 Å². The summed E-state index contributed by atoms with van der Waals surface area (Å²) in [5.41, 5.74) is 3.04. The Morgan fingerprint density at radius 1 is 1.38 bits per heavy atom. The summed E-state index contributed by atoms with van der Waals surface area (Å²) < 4.78 is 5.64. The van der Waals surface area contributed by atoms with Crippen molar-refractivity contribution in [3.63, 3.8) is 0 Å². The van der Waals surface area contributed by atoms with Crippen molar-refractivity contribution in [3.8, 4) is 0 Å². The Hall–Kier alpha value is -0.120. The molecule has 2 aliphatic carbocycles. The molecular weight excluding hydrogens is 164 g/mol. The first-order chi connectivity index (χ1) is 6.32. The molecule has 3 nitrogen and oxygen atoms in total. The second-order valence-electron chi connectivity index (χ2n) is 4.46. The van der Waals surface area contributed by atoms with E-state index in [0.717, 1.165) is 5.92 Å². The van der Waals surface area contributed by atoms with Crippen LogP contribution in [0.5, 0.6) is 0 Å². The van der Waals surface area contributed by atoms with Crippen LogP contribution in [0, 0.1) is 5.92 Å². The fourth-order valence-corrected chi connectivity index (χ4v) is 2.66. The Morgan fingerprint density at radius 2 is 2.08 bits per heavy atom. The van der Waals surface area contributed by atoms with E-state index in [0.29, 0.717) is 6.04 Å². The van der Waals surface area contributed by atoms with Crippen LogP contribution in [0.25, 0.3) is 0 Å². The third-order valence-corrected chi connectivity index (χ3v) is 3.97. The van der Waals surface area contributed by atoms with Gasteiger partial charge in [-0.25, -0.2) is 0 Å². The quantitative estimate of drug-likeness (QED) is 0.509. The zero-order valence-corrected chi connectivity index (χ0v) is 8.38. The van der Waals surface area contributed by atoms with Gasteiger partial charge in [0, 0.05) is 7.11 Å². The molecule has 1 unspecified atom stereocenters. The predicted molar refractivity (Wildman–Crippen MR) is 52.0 cm³/mol. The van der Waals surface area contributed by atoms with E-state index >= 15 is 0 Å². The molecule has 2 aliphatic rings. The topological polar surface area (TPSA) is 47.3 Å². The molecule has 0 aliphatic heterocycles. The molecule has 3 heteroatoms. The first-order valence-corrected chi connectivity index (χ1v) is 5.34. The molecule has 0 aromatic heterocycles. The molecule has 2 fully saturated rings. The Balaban J connectivity index is 2.00. The summed E-state index contributed by atoms with van der Waals surface area (Å²) in [5, 5.41) is 0. The number of hydrazine groups is 1. The SMILES string of the molecule is COC1(C(NN)C2CCC2)CCC1. The standard InChI is InChI=1S/C10H20N2O/c1-13-10(6-3-7-10)9(12-11)8-4-2-5-8/h8-9,12H,2-7,11H2,1H3. The van der Waals surface area contributed by atoms with Gasteiger partial charge in [-0.15, -0.1) is 0 Å². The molecule has 76 valence electrons. The fourth-order valence-electron chi connectivity index (χ4n) is 2.66. The molecule has 0 aromatic rings. The average molecular weight is 184 g/mol. The molecule has 0 bridgehead atoms. The molecule has 2 rings (SSSR count). The molecule has 0 heterocycles. The van der Waals surface area contributed by atoms with E-state index in [1.54, 1.807) is 0 Å². The molecule has 2 saturated carbocycles. The monoisotopic (exact) mass is 184 g/mol. The number of nitrogens with two attached hydrogens (primary N) is 1. The van der Waals surface area contributed by atoms with Crippen LogP contribution in [-0.4, -0.2) is 18.8 Å². The van der Waals surface area contributed by atoms with Crippen LogP contribution in [0.3, 0.4) is 0 Å². The molecule has 0 aromatic carbocycles. The van der Waals surface area contributed by atoms with Crippen molar-refractivity contribution in [3.05, 3.63) is 0 Å². The first-order valence-electron chi connectivity index (χ1n) is 5.34. The molecular formula is C10H20N2O. The van der Waals surface area contributed by atoms with Crippen LogP contribution >= 0.6 is 0 Å². The van der Waals surface area contributed by atoms with Gasteiger partial charge < -0.3 is 4.74 Å².